The highest BCUT2D eigenvalue weighted by atomic mass is 32.1. The quantitative estimate of drug-likeness (QED) is 0.803. The highest BCUT2D eigenvalue weighted by Gasteiger charge is 2.23. The summed E-state index contributed by atoms with van der Waals surface area (Å²) in [5, 5.41) is 5.55. The largest absolute Gasteiger partial charge is 0.379 e. The van der Waals surface area contributed by atoms with Crippen LogP contribution in [0.4, 0.5) is 4.39 Å². The smallest absolute Gasteiger partial charge is 0.244 e. The van der Waals surface area contributed by atoms with Gasteiger partial charge in [-0.25, -0.2) is 9.37 Å². The van der Waals surface area contributed by atoms with Crippen molar-refractivity contribution in [3.05, 3.63) is 58.3 Å². The standard InChI is InChI=1S/C18H20FN3O2S/c19-15-3-1-2-14(12-15)16(22-7-9-24-10-8-22)13-21-17(23)4-5-18-20-6-11-25-18/h1-6,11-12,16H,7-10,13H2,(H,21,23)/b5-4+. The number of hydrogen-bond donors (Lipinski definition) is 1. The fourth-order valence-electron chi connectivity index (χ4n) is 2.78. The number of nitrogens with one attached hydrogen (secondary N) is 1. The minimum Gasteiger partial charge on any atom is -0.379 e. The summed E-state index contributed by atoms with van der Waals surface area (Å²) in [5.41, 5.74) is 0.853. The molecule has 5 nitrogen and oxygen atoms in total. The van der Waals surface area contributed by atoms with Gasteiger partial charge in [-0.2, -0.15) is 0 Å². The van der Waals surface area contributed by atoms with Crippen molar-refractivity contribution >= 4 is 23.3 Å². The molecule has 1 fully saturated rings. The zero-order valence-electron chi connectivity index (χ0n) is 13.7. The van der Waals surface area contributed by atoms with E-state index in [4.69, 9.17) is 4.74 Å². The molecule has 3 rings (SSSR count). The number of morpholine rings is 1. The monoisotopic (exact) mass is 361 g/mol. The van der Waals surface area contributed by atoms with E-state index in [1.807, 2.05) is 11.4 Å². The van der Waals surface area contributed by atoms with Gasteiger partial charge < -0.3 is 10.1 Å². The van der Waals surface area contributed by atoms with Crippen molar-refractivity contribution in [2.75, 3.05) is 32.8 Å². The van der Waals surface area contributed by atoms with E-state index >= 15 is 0 Å². The lowest BCUT2D eigenvalue weighted by Crippen LogP contribution is -2.43. The van der Waals surface area contributed by atoms with Crippen LogP contribution in [-0.4, -0.2) is 48.6 Å². The van der Waals surface area contributed by atoms with Crippen molar-refractivity contribution in [3.8, 4) is 0 Å². The normalized spacial score (nSPS) is 16.8. The van der Waals surface area contributed by atoms with E-state index < -0.39 is 0 Å². The third kappa shape index (κ3) is 5.19. The van der Waals surface area contributed by atoms with E-state index in [0.29, 0.717) is 19.8 Å². The molecular weight excluding hydrogens is 341 g/mol. The molecule has 2 heterocycles. The Kier molecular flexibility index (Phi) is 6.27. The van der Waals surface area contributed by atoms with Gasteiger partial charge in [0.15, 0.2) is 0 Å². The zero-order valence-corrected chi connectivity index (χ0v) is 14.5. The van der Waals surface area contributed by atoms with Gasteiger partial charge in [0.05, 0.1) is 19.3 Å². The number of carbonyl (C=O) groups is 1. The number of benzene rings is 1. The molecule has 7 heteroatoms. The average Bonchev–Trinajstić information content (AvgIpc) is 3.15. The van der Waals surface area contributed by atoms with E-state index in [2.05, 4.69) is 15.2 Å². The number of thiazole rings is 1. The predicted molar refractivity (Wildman–Crippen MR) is 95.7 cm³/mol. The fourth-order valence-corrected chi connectivity index (χ4v) is 3.31. The molecule has 0 spiro atoms. The van der Waals surface area contributed by atoms with Crippen LogP contribution < -0.4 is 5.32 Å². The molecule has 1 atom stereocenters. The van der Waals surface area contributed by atoms with Crippen LogP contribution in [0.1, 0.15) is 16.6 Å². The van der Waals surface area contributed by atoms with Crippen LogP contribution in [0.3, 0.4) is 0 Å². The molecule has 0 saturated carbocycles. The van der Waals surface area contributed by atoms with Crippen LogP contribution in [0.25, 0.3) is 6.08 Å². The molecular formula is C18H20FN3O2S. The van der Waals surface area contributed by atoms with Crippen molar-refractivity contribution in [1.82, 2.24) is 15.2 Å². The lowest BCUT2D eigenvalue weighted by atomic mass is 10.0. The minimum absolute atomic E-state index is 0.0863. The van der Waals surface area contributed by atoms with Crippen LogP contribution in [0.5, 0.6) is 0 Å². The van der Waals surface area contributed by atoms with Gasteiger partial charge in [0, 0.05) is 37.3 Å². The average molecular weight is 361 g/mol. The number of amides is 1. The zero-order chi connectivity index (χ0) is 17.5. The Morgan fingerprint density at radius 2 is 2.28 bits per heavy atom. The fraction of sp³-hybridized carbons (Fsp3) is 0.333. The molecule has 1 aliphatic heterocycles. The molecule has 0 radical (unpaired) electrons. The van der Waals surface area contributed by atoms with E-state index in [1.54, 1.807) is 18.3 Å². The van der Waals surface area contributed by atoms with Gasteiger partial charge in [-0.05, 0) is 23.8 Å². The summed E-state index contributed by atoms with van der Waals surface area (Å²) in [6.45, 7) is 3.20. The summed E-state index contributed by atoms with van der Waals surface area (Å²) >= 11 is 1.47. The Labute approximate surface area is 150 Å². The Morgan fingerprint density at radius 1 is 1.44 bits per heavy atom. The number of aromatic nitrogens is 1. The maximum atomic E-state index is 13.6. The van der Waals surface area contributed by atoms with Crippen molar-refractivity contribution in [1.29, 1.82) is 0 Å². The Morgan fingerprint density at radius 3 is 3.00 bits per heavy atom. The van der Waals surface area contributed by atoms with E-state index in [9.17, 15) is 9.18 Å². The van der Waals surface area contributed by atoms with Gasteiger partial charge >= 0.3 is 0 Å². The topological polar surface area (TPSA) is 54.5 Å². The van der Waals surface area contributed by atoms with Crippen LogP contribution in [0.2, 0.25) is 0 Å². The number of rotatable bonds is 6. The van der Waals surface area contributed by atoms with Gasteiger partial charge in [-0.15, -0.1) is 11.3 Å². The van der Waals surface area contributed by atoms with Crippen molar-refractivity contribution in [2.24, 2.45) is 0 Å². The van der Waals surface area contributed by atoms with Crippen molar-refractivity contribution < 1.29 is 13.9 Å². The van der Waals surface area contributed by atoms with Crippen LogP contribution in [-0.2, 0) is 9.53 Å². The molecule has 132 valence electrons. The third-order valence-corrected chi connectivity index (χ3v) is 4.76. The molecule has 1 N–H and O–H groups in total. The summed E-state index contributed by atoms with van der Waals surface area (Å²) in [4.78, 5) is 18.4. The molecule has 1 aliphatic rings. The number of halogens is 1. The molecule has 25 heavy (non-hydrogen) atoms. The number of hydrogen-bond acceptors (Lipinski definition) is 5. The first-order valence-electron chi connectivity index (χ1n) is 8.15. The lowest BCUT2D eigenvalue weighted by Gasteiger charge is -2.34. The molecule has 0 aliphatic carbocycles. The van der Waals surface area contributed by atoms with Crippen molar-refractivity contribution in [2.45, 2.75) is 6.04 Å². The summed E-state index contributed by atoms with van der Waals surface area (Å²) in [6.07, 6.45) is 4.85. The minimum atomic E-state index is -0.272. The maximum Gasteiger partial charge on any atom is 0.244 e. The Balaban J connectivity index is 1.65. The van der Waals surface area contributed by atoms with Crippen LogP contribution in [0.15, 0.2) is 41.9 Å². The van der Waals surface area contributed by atoms with Crippen molar-refractivity contribution in [3.63, 3.8) is 0 Å². The molecule has 1 saturated heterocycles. The van der Waals surface area contributed by atoms with Crippen LogP contribution in [0, 0.1) is 5.82 Å². The maximum absolute atomic E-state index is 13.6. The van der Waals surface area contributed by atoms with Gasteiger partial charge in [-0.1, -0.05) is 12.1 Å². The second-order valence-electron chi connectivity index (χ2n) is 5.67. The number of nitrogens with zero attached hydrogens (tertiary/aromatic N) is 2. The Bertz CT molecular complexity index is 715. The van der Waals surface area contributed by atoms with E-state index in [0.717, 1.165) is 23.7 Å². The lowest BCUT2D eigenvalue weighted by molar-refractivity contribution is -0.116. The third-order valence-electron chi connectivity index (χ3n) is 4.02. The molecule has 2 aromatic rings. The second kappa shape index (κ2) is 8.84. The van der Waals surface area contributed by atoms with Gasteiger partial charge in [0.1, 0.15) is 10.8 Å². The summed E-state index contributed by atoms with van der Waals surface area (Å²) < 4.78 is 19.0. The molecule has 1 aromatic heterocycles. The number of carbonyl (C=O) groups excluding carboxylic acids is 1. The second-order valence-corrected chi connectivity index (χ2v) is 6.59. The molecule has 1 unspecified atom stereocenters. The first-order valence-corrected chi connectivity index (χ1v) is 9.03. The first-order chi connectivity index (χ1) is 12.2. The molecule has 1 aromatic carbocycles. The SMILES string of the molecule is O=C(/C=C/c1nccs1)NCC(c1cccc(F)c1)N1CCOCC1. The van der Waals surface area contributed by atoms with E-state index in [-0.39, 0.29) is 17.8 Å². The highest BCUT2D eigenvalue weighted by Crippen LogP contribution is 2.22. The van der Waals surface area contributed by atoms with E-state index in [1.165, 1.54) is 29.5 Å². The summed E-state index contributed by atoms with van der Waals surface area (Å²) in [7, 11) is 0. The molecule has 0 bridgehead atoms. The Hall–Kier alpha value is -2.09. The van der Waals surface area contributed by atoms with Gasteiger partial charge in [-0.3, -0.25) is 9.69 Å². The van der Waals surface area contributed by atoms with Gasteiger partial charge in [0.2, 0.25) is 5.91 Å². The van der Waals surface area contributed by atoms with Crippen LogP contribution >= 0.6 is 11.3 Å². The predicted octanol–water partition coefficient (Wildman–Crippen LogP) is 2.49. The highest BCUT2D eigenvalue weighted by molar-refractivity contribution is 7.10. The first kappa shape index (κ1) is 17.7. The summed E-state index contributed by atoms with van der Waals surface area (Å²) in [6, 6.07) is 6.45. The van der Waals surface area contributed by atoms with Gasteiger partial charge in [0.25, 0.3) is 0 Å². The summed E-state index contributed by atoms with van der Waals surface area (Å²) in [5.74, 6) is -0.462. The number of ether oxygens (including phenoxy) is 1. The molecule has 1 amide bonds.